The van der Waals surface area contributed by atoms with Crippen LogP contribution in [0.4, 0.5) is 0 Å². The molecule has 18 heavy (non-hydrogen) atoms. The van der Waals surface area contributed by atoms with Gasteiger partial charge in [-0.15, -0.1) is 0 Å². The summed E-state index contributed by atoms with van der Waals surface area (Å²) in [5.41, 5.74) is 0.948. The van der Waals surface area contributed by atoms with E-state index in [-0.39, 0.29) is 10.7 Å². The summed E-state index contributed by atoms with van der Waals surface area (Å²) in [6.45, 7) is 3.28. The summed E-state index contributed by atoms with van der Waals surface area (Å²) in [5.74, 6) is -0.381. The number of hydrogen-bond donors (Lipinski definition) is 2. The lowest BCUT2D eigenvalue weighted by Crippen LogP contribution is -2.33. The van der Waals surface area contributed by atoms with E-state index in [2.05, 4.69) is 9.70 Å². The number of diazo groups is 1. The average Bonchev–Trinajstić information content (AvgIpc) is 2.29. The minimum atomic E-state index is -3.71. The molecule has 0 radical (unpaired) electrons. The Morgan fingerprint density at radius 3 is 2.50 bits per heavy atom. The second-order valence-corrected chi connectivity index (χ2v) is 5.54. The number of nitrogens with one attached hydrogen (secondary N) is 1. The summed E-state index contributed by atoms with van der Waals surface area (Å²) in [6.07, 6.45) is 0.766. The quantitative estimate of drug-likeness (QED) is 0.644. The molecule has 0 heterocycles. The fourth-order valence-electron chi connectivity index (χ4n) is 1.25. The van der Waals surface area contributed by atoms with E-state index in [1.54, 1.807) is 12.1 Å². The van der Waals surface area contributed by atoms with Gasteiger partial charge in [-0.05, 0) is 26.0 Å². The normalized spacial score (nSPS) is 13.9. The molecule has 1 aromatic carbocycles. The third-order valence-electron chi connectivity index (χ3n) is 2.30. The summed E-state index contributed by atoms with van der Waals surface area (Å²) in [5, 5.41) is 17.6. The number of nitrogens with zero attached hydrogens (tertiary/aromatic N) is 2. The smallest absolute Gasteiger partial charge is 0.389 e. The summed E-state index contributed by atoms with van der Waals surface area (Å²) in [6, 6.07) is 5.42. The highest BCUT2D eigenvalue weighted by Crippen LogP contribution is 2.11. The van der Waals surface area contributed by atoms with Crippen molar-refractivity contribution in [3.63, 3.8) is 0 Å². The second kappa shape index (κ2) is 5.62. The van der Waals surface area contributed by atoms with Gasteiger partial charge < -0.3 is 5.11 Å². The van der Waals surface area contributed by atoms with Crippen LogP contribution in [0.25, 0.3) is 4.98 Å². The lowest BCUT2D eigenvalue weighted by molar-refractivity contribution is 0.364. The zero-order chi connectivity index (χ0) is 13.8. The second-order valence-electron chi connectivity index (χ2n) is 3.83. The van der Waals surface area contributed by atoms with Crippen LogP contribution in [-0.2, 0) is 10.0 Å². The van der Waals surface area contributed by atoms with Crippen molar-refractivity contribution in [1.82, 2.24) is 4.72 Å². The highest BCUT2D eigenvalue weighted by atomic mass is 32.2. The maximum atomic E-state index is 11.9. The Bertz CT molecular complexity index is 585. The van der Waals surface area contributed by atoms with E-state index >= 15 is 0 Å². The Morgan fingerprint density at radius 1 is 1.44 bits per heavy atom. The first kappa shape index (κ1) is 14.2. The zero-order valence-electron chi connectivity index (χ0n) is 10.0. The van der Waals surface area contributed by atoms with E-state index in [4.69, 9.17) is 5.39 Å². The Kier molecular flexibility index (Phi) is 4.42. The topological polar surface area (TPSA) is 94.6 Å². The van der Waals surface area contributed by atoms with E-state index < -0.39 is 16.1 Å². The van der Waals surface area contributed by atoms with Crippen LogP contribution in [-0.4, -0.2) is 19.6 Å². The first-order valence-electron chi connectivity index (χ1n) is 5.19. The molecule has 0 aromatic heterocycles. The first-order chi connectivity index (χ1) is 8.36. The van der Waals surface area contributed by atoms with E-state index in [0.717, 1.165) is 11.8 Å². The number of aryl methyl sites for hydroxylation is 1. The molecule has 6 nitrogen and oxygen atoms in total. The molecular formula is C11H14N3O3S+. The minimum Gasteiger partial charge on any atom is -0.504 e. The Morgan fingerprint density at radius 2 is 2.00 bits per heavy atom. The van der Waals surface area contributed by atoms with Crippen molar-refractivity contribution in [3.05, 3.63) is 46.8 Å². The monoisotopic (exact) mass is 268 g/mol. The standard InChI is InChI=1S/C11H13N3O3S/c1-8-3-5-10(6-4-8)18(16,17)14-9(2)11(15)7-13-12/h3-7,9,14H,1-2H3/p+1/b11-7-/t9-/m0/s1. The van der Waals surface area contributed by atoms with Crippen LogP contribution in [0.3, 0.4) is 0 Å². The van der Waals surface area contributed by atoms with Gasteiger partial charge in [0.25, 0.3) is 0 Å². The van der Waals surface area contributed by atoms with Crippen LogP contribution in [0, 0.1) is 12.3 Å². The van der Waals surface area contributed by atoms with Crippen LogP contribution in [0.1, 0.15) is 12.5 Å². The Hall–Kier alpha value is -1.91. The van der Waals surface area contributed by atoms with Crippen molar-refractivity contribution in [1.29, 1.82) is 5.39 Å². The van der Waals surface area contributed by atoms with Crippen LogP contribution >= 0.6 is 0 Å². The molecule has 0 bridgehead atoms. The highest BCUT2D eigenvalue weighted by molar-refractivity contribution is 7.89. The van der Waals surface area contributed by atoms with Gasteiger partial charge in [-0.25, -0.2) is 13.1 Å². The van der Waals surface area contributed by atoms with Crippen molar-refractivity contribution >= 4 is 10.0 Å². The fourth-order valence-corrected chi connectivity index (χ4v) is 2.47. The first-order valence-corrected chi connectivity index (χ1v) is 6.67. The molecule has 0 spiro atoms. The molecule has 0 fully saturated rings. The van der Waals surface area contributed by atoms with Crippen molar-refractivity contribution < 1.29 is 13.5 Å². The molecule has 0 amide bonds. The fraction of sp³-hybridized carbons (Fsp3) is 0.273. The molecule has 0 aliphatic heterocycles. The molecule has 1 atom stereocenters. The SMILES string of the molecule is Cc1ccc(S(=O)(=O)N[C@@H](C)/C(O)=C/[N+]#N)cc1. The minimum absolute atomic E-state index is 0.105. The number of aliphatic hydroxyl groups is 1. The summed E-state index contributed by atoms with van der Waals surface area (Å²) in [4.78, 5) is 2.73. The van der Waals surface area contributed by atoms with E-state index in [0.29, 0.717) is 0 Å². The van der Waals surface area contributed by atoms with Crippen LogP contribution in [0.2, 0.25) is 0 Å². The average molecular weight is 268 g/mol. The van der Waals surface area contributed by atoms with Crippen LogP contribution in [0.15, 0.2) is 41.1 Å². The number of benzene rings is 1. The molecule has 7 heteroatoms. The molecule has 0 aliphatic rings. The van der Waals surface area contributed by atoms with Crippen LogP contribution < -0.4 is 4.72 Å². The lowest BCUT2D eigenvalue weighted by atomic mass is 10.2. The summed E-state index contributed by atoms with van der Waals surface area (Å²) >= 11 is 0. The molecule has 2 N–H and O–H groups in total. The predicted octanol–water partition coefficient (Wildman–Crippen LogP) is 1.91. The van der Waals surface area contributed by atoms with Gasteiger partial charge in [-0.1, -0.05) is 17.7 Å². The zero-order valence-corrected chi connectivity index (χ0v) is 10.8. The number of hydrogen-bond acceptors (Lipinski definition) is 4. The molecule has 0 saturated carbocycles. The van der Waals surface area contributed by atoms with Gasteiger partial charge >= 0.3 is 6.20 Å². The van der Waals surface area contributed by atoms with Gasteiger partial charge in [0.2, 0.25) is 15.4 Å². The van der Waals surface area contributed by atoms with Crippen molar-refractivity contribution in [2.24, 2.45) is 0 Å². The molecule has 96 valence electrons. The van der Waals surface area contributed by atoms with Crippen LogP contribution in [0.5, 0.6) is 0 Å². The van der Waals surface area contributed by atoms with Crippen molar-refractivity contribution in [3.8, 4) is 0 Å². The largest absolute Gasteiger partial charge is 0.504 e. The number of aliphatic hydroxyl groups excluding tert-OH is 1. The molecular weight excluding hydrogens is 254 g/mol. The van der Waals surface area contributed by atoms with Crippen molar-refractivity contribution in [2.75, 3.05) is 0 Å². The molecule has 0 unspecified atom stereocenters. The van der Waals surface area contributed by atoms with Gasteiger partial charge in [0.15, 0.2) is 10.7 Å². The lowest BCUT2D eigenvalue weighted by Gasteiger charge is -2.11. The van der Waals surface area contributed by atoms with Gasteiger partial charge in [-0.3, -0.25) is 0 Å². The van der Waals surface area contributed by atoms with Gasteiger partial charge in [0.1, 0.15) is 0 Å². The number of sulfonamides is 1. The molecule has 0 saturated heterocycles. The van der Waals surface area contributed by atoms with Gasteiger partial charge in [0.05, 0.1) is 10.9 Å². The molecule has 0 aliphatic carbocycles. The number of rotatable bonds is 4. The molecule has 1 rings (SSSR count). The highest BCUT2D eigenvalue weighted by Gasteiger charge is 2.21. The maximum absolute atomic E-state index is 11.9. The van der Waals surface area contributed by atoms with Gasteiger partial charge in [0, 0.05) is 0 Å². The Labute approximate surface area is 106 Å². The third-order valence-corrected chi connectivity index (χ3v) is 3.85. The third kappa shape index (κ3) is 3.55. The summed E-state index contributed by atoms with van der Waals surface area (Å²) in [7, 11) is -3.71. The van der Waals surface area contributed by atoms with Gasteiger partial charge in [-0.2, -0.15) is 0 Å². The van der Waals surface area contributed by atoms with Crippen molar-refractivity contribution in [2.45, 2.75) is 24.8 Å². The molecule has 1 aromatic rings. The maximum Gasteiger partial charge on any atom is 0.389 e. The predicted molar refractivity (Wildman–Crippen MR) is 66.8 cm³/mol. The Balaban J connectivity index is 2.93. The summed E-state index contributed by atoms with van der Waals surface area (Å²) < 4.78 is 26.1. The van der Waals surface area contributed by atoms with E-state index in [1.165, 1.54) is 19.1 Å². The van der Waals surface area contributed by atoms with E-state index in [9.17, 15) is 13.5 Å². The van der Waals surface area contributed by atoms with E-state index in [1.807, 2.05) is 6.92 Å².